The van der Waals surface area contributed by atoms with E-state index in [4.69, 9.17) is 11.6 Å². The van der Waals surface area contributed by atoms with Gasteiger partial charge in [-0.05, 0) is 62.4 Å². The second-order valence-corrected chi connectivity index (χ2v) is 8.40. The number of halogens is 2. The number of anilines is 1. The number of nitrogens with one attached hydrogen (secondary N) is 1. The minimum absolute atomic E-state index is 0.0264. The molecule has 1 amide bonds. The van der Waals surface area contributed by atoms with Crippen LogP contribution >= 0.6 is 11.6 Å². The first-order chi connectivity index (χ1) is 13.7. The number of fused-ring (bicyclic) bond motifs is 1. The summed E-state index contributed by atoms with van der Waals surface area (Å²) in [4.78, 5) is 18.3. The van der Waals surface area contributed by atoms with E-state index in [1.807, 2.05) is 6.07 Å². The van der Waals surface area contributed by atoms with E-state index in [9.17, 15) is 9.18 Å². The molecule has 0 bridgehead atoms. The third kappa shape index (κ3) is 4.42. The maximum absolute atomic E-state index is 14.8. The Balaban J connectivity index is 1.85. The molecule has 2 heterocycles. The molecule has 0 fully saturated rings. The van der Waals surface area contributed by atoms with Crippen molar-refractivity contribution in [2.24, 2.45) is 5.10 Å². The van der Waals surface area contributed by atoms with Gasteiger partial charge in [0.1, 0.15) is 11.0 Å². The normalized spacial score (nSPS) is 18.0. The zero-order valence-electron chi connectivity index (χ0n) is 17.2. The van der Waals surface area contributed by atoms with Gasteiger partial charge < -0.3 is 4.90 Å². The first-order valence-electron chi connectivity index (χ1n) is 9.79. The third-order valence-corrected chi connectivity index (χ3v) is 5.63. The quantitative estimate of drug-likeness (QED) is 0.417. The van der Waals surface area contributed by atoms with Gasteiger partial charge >= 0.3 is 0 Å². The molecule has 154 valence electrons. The van der Waals surface area contributed by atoms with E-state index >= 15 is 0 Å². The average Bonchev–Trinajstić information content (AvgIpc) is 2.66. The van der Waals surface area contributed by atoms with Crippen molar-refractivity contribution in [2.45, 2.75) is 52.0 Å². The predicted octanol–water partition coefficient (Wildman–Crippen LogP) is 5.14. The van der Waals surface area contributed by atoms with Crippen molar-refractivity contribution in [2.75, 3.05) is 11.4 Å². The molecular formula is C22H26ClFN4O. The Labute approximate surface area is 176 Å². The van der Waals surface area contributed by atoms with Crippen LogP contribution in [0.5, 0.6) is 0 Å². The molecule has 1 atom stereocenters. The van der Waals surface area contributed by atoms with Gasteiger partial charge in [-0.1, -0.05) is 25.4 Å². The van der Waals surface area contributed by atoms with E-state index in [2.05, 4.69) is 48.1 Å². The van der Waals surface area contributed by atoms with Crippen molar-refractivity contribution < 1.29 is 9.18 Å². The molecule has 1 N–H and O–H groups in total. The molecule has 1 aliphatic rings. The minimum atomic E-state index is -0.498. The maximum atomic E-state index is 14.8. The Bertz CT molecular complexity index is 944. The lowest BCUT2D eigenvalue weighted by molar-refractivity contribution is 0.0955. The molecule has 0 aliphatic carbocycles. The van der Waals surface area contributed by atoms with Crippen LogP contribution in [0.25, 0.3) is 0 Å². The molecule has 1 unspecified atom stereocenters. The Kier molecular flexibility index (Phi) is 6.22. The second kappa shape index (κ2) is 8.49. The summed E-state index contributed by atoms with van der Waals surface area (Å²) in [5.41, 5.74) is 4.94. The molecule has 1 aliphatic heterocycles. The van der Waals surface area contributed by atoms with E-state index in [1.54, 1.807) is 18.2 Å². The van der Waals surface area contributed by atoms with Gasteiger partial charge in [-0.25, -0.2) is 14.8 Å². The number of pyridine rings is 1. The van der Waals surface area contributed by atoms with Crippen LogP contribution in [0.3, 0.4) is 0 Å². The van der Waals surface area contributed by atoms with Gasteiger partial charge in [-0.2, -0.15) is 5.10 Å². The van der Waals surface area contributed by atoms with Crippen LogP contribution in [-0.4, -0.2) is 29.2 Å². The molecule has 2 aromatic rings. The molecule has 0 saturated carbocycles. The van der Waals surface area contributed by atoms with Gasteiger partial charge in [0.25, 0.3) is 5.91 Å². The number of aromatic nitrogens is 1. The summed E-state index contributed by atoms with van der Waals surface area (Å²) in [5.74, 6) is -0.571. The number of carbonyl (C=O) groups is 1. The molecule has 7 heteroatoms. The number of nitrogens with zero attached hydrogens (tertiary/aromatic N) is 3. The van der Waals surface area contributed by atoms with E-state index in [0.29, 0.717) is 11.5 Å². The Morgan fingerprint density at radius 2 is 2.24 bits per heavy atom. The molecule has 5 nitrogen and oxygen atoms in total. The molecule has 1 aromatic heterocycles. The molecule has 29 heavy (non-hydrogen) atoms. The SMILES string of the molecule is CCCN1c2cc(F)c(/C=N\NC(=O)c3cccnc3Cl)cc2C(C)CC1(C)C. The highest BCUT2D eigenvalue weighted by Gasteiger charge is 2.36. The first kappa shape index (κ1) is 21.2. The summed E-state index contributed by atoms with van der Waals surface area (Å²) in [7, 11) is 0. The summed E-state index contributed by atoms with van der Waals surface area (Å²) in [6.45, 7) is 9.57. The van der Waals surface area contributed by atoms with Crippen LogP contribution < -0.4 is 10.3 Å². The van der Waals surface area contributed by atoms with Crippen LogP contribution in [0.2, 0.25) is 5.15 Å². The van der Waals surface area contributed by atoms with E-state index in [-0.39, 0.29) is 22.1 Å². The predicted molar refractivity (Wildman–Crippen MR) is 115 cm³/mol. The number of hydrogen-bond acceptors (Lipinski definition) is 4. The standard InChI is InChI=1S/C22H26ClFN4O/c1-5-9-28-19-11-18(24)15(10-17(19)14(2)12-22(28,3)4)13-26-27-21(29)16-7-6-8-25-20(16)23/h6-8,10-11,13-14H,5,9,12H2,1-4H3,(H,27,29)/b26-13-. The summed E-state index contributed by atoms with van der Waals surface area (Å²) < 4.78 is 14.8. The van der Waals surface area contributed by atoms with E-state index in [1.165, 1.54) is 12.4 Å². The molecule has 0 saturated heterocycles. The van der Waals surface area contributed by atoms with Crippen molar-refractivity contribution in [1.29, 1.82) is 0 Å². The lowest BCUT2D eigenvalue weighted by atomic mass is 9.79. The van der Waals surface area contributed by atoms with Crippen molar-refractivity contribution >= 4 is 29.4 Å². The van der Waals surface area contributed by atoms with Crippen LogP contribution in [0.1, 0.15) is 67.9 Å². The fourth-order valence-corrected chi connectivity index (χ4v) is 4.25. The number of carbonyl (C=O) groups excluding carboxylic acids is 1. The van der Waals surface area contributed by atoms with Gasteiger partial charge in [0.05, 0.1) is 11.8 Å². The number of benzene rings is 1. The largest absolute Gasteiger partial charge is 0.366 e. The monoisotopic (exact) mass is 416 g/mol. The van der Waals surface area contributed by atoms with E-state index < -0.39 is 5.91 Å². The average molecular weight is 417 g/mol. The highest BCUT2D eigenvalue weighted by molar-refractivity contribution is 6.32. The topological polar surface area (TPSA) is 57.6 Å². The number of hydrogen-bond donors (Lipinski definition) is 1. The fourth-order valence-electron chi connectivity index (χ4n) is 4.04. The number of rotatable bonds is 5. The van der Waals surface area contributed by atoms with Crippen molar-refractivity contribution in [3.05, 3.63) is 58.1 Å². The van der Waals surface area contributed by atoms with Crippen LogP contribution in [-0.2, 0) is 0 Å². The van der Waals surface area contributed by atoms with Crippen molar-refractivity contribution in [3.8, 4) is 0 Å². The summed E-state index contributed by atoms with van der Waals surface area (Å²) in [6.07, 6.45) is 4.80. The molecule has 0 spiro atoms. The van der Waals surface area contributed by atoms with Crippen molar-refractivity contribution in [1.82, 2.24) is 10.4 Å². The maximum Gasteiger partial charge on any atom is 0.274 e. The van der Waals surface area contributed by atoms with Crippen molar-refractivity contribution in [3.63, 3.8) is 0 Å². The zero-order chi connectivity index (χ0) is 21.2. The fraction of sp³-hybridized carbons (Fsp3) is 0.409. The number of amides is 1. The summed E-state index contributed by atoms with van der Waals surface area (Å²) >= 11 is 5.91. The molecule has 0 radical (unpaired) electrons. The Morgan fingerprint density at radius 3 is 2.93 bits per heavy atom. The van der Waals surface area contributed by atoms with Gasteiger partial charge in [0.15, 0.2) is 0 Å². The van der Waals surface area contributed by atoms with Gasteiger partial charge in [0.2, 0.25) is 0 Å². The van der Waals surface area contributed by atoms with Crippen LogP contribution in [0.15, 0.2) is 35.6 Å². The number of hydrazone groups is 1. The highest BCUT2D eigenvalue weighted by Crippen LogP contribution is 2.44. The second-order valence-electron chi connectivity index (χ2n) is 8.04. The van der Waals surface area contributed by atoms with Gasteiger partial charge in [-0.3, -0.25) is 4.79 Å². The molecular weight excluding hydrogens is 391 g/mol. The first-order valence-corrected chi connectivity index (χ1v) is 10.2. The summed E-state index contributed by atoms with van der Waals surface area (Å²) in [6, 6.07) is 6.58. The summed E-state index contributed by atoms with van der Waals surface area (Å²) in [5, 5.41) is 4.00. The Hall–Kier alpha value is -2.47. The highest BCUT2D eigenvalue weighted by atomic mass is 35.5. The molecule has 1 aromatic carbocycles. The molecule has 3 rings (SSSR count). The zero-order valence-corrected chi connectivity index (χ0v) is 17.9. The lowest BCUT2D eigenvalue weighted by Gasteiger charge is -2.47. The van der Waals surface area contributed by atoms with Crippen LogP contribution in [0, 0.1) is 5.82 Å². The lowest BCUT2D eigenvalue weighted by Crippen LogP contribution is -2.48. The smallest absolute Gasteiger partial charge is 0.274 e. The third-order valence-electron chi connectivity index (χ3n) is 5.32. The Morgan fingerprint density at radius 1 is 1.48 bits per heavy atom. The van der Waals surface area contributed by atoms with Crippen LogP contribution in [0.4, 0.5) is 10.1 Å². The van der Waals surface area contributed by atoms with Gasteiger partial charge in [0, 0.05) is 29.5 Å². The van der Waals surface area contributed by atoms with Gasteiger partial charge in [-0.15, -0.1) is 0 Å². The minimum Gasteiger partial charge on any atom is -0.366 e. The van der Waals surface area contributed by atoms with E-state index in [0.717, 1.165) is 30.6 Å².